The lowest BCUT2D eigenvalue weighted by Gasteiger charge is -2.40. The number of hydrogen-bond donors (Lipinski definition) is 2. The average Bonchev–Trinajstić information content (AvgIpc) is 2.89. The molecule has 0 saturated heterocycles. The van der Waals surface area contributed by atoms with Crippen molar-refractivity contribution in [3.05, 3.63) is 82.4 Å². The minimum absolute atomic E-state index is 0.00727. The number of hydrogen-bond acceptors (Lipinski definition) is 4. The van der Waals surface area contributed by atoms with Crippen molar-refractivity contribution in [1.82, 2.24) is 10.6 Å². The van der Waals surface area contributed by atoms with E-state index in [1.54, 1.807) is 19.9 Å². The normalized spacial score (nSPS) is 16.5. The van der Waals surface area contributed by atoms with Crippen molar-refractivity contribution in [3.8, 4) is 0 Å². The van der Waals surface area contributed by atoms with Crippen molar-refractivity contribution >= 4 is 11.9 Å². The minimum Gasteiger partial charge on any atom is -0.466 e. The first kappa shape index (κ1) is 35.0. The largest absolute Gasteiger partial charge is 0.466 e. The zero-order valence-corrected chi connectivity index (χ0v) is 25.5. The third-order valence-electron chi connectivity index (χ3n) is 6.75. The van der Waals surface area contributed by atoms with Crippen LogP contribution in [0.4, 0.5) is 8.78 Å². The predicted molar refractivity (Wildman–Crippen MR) is 159 cm³/mol. The molecule has 222 valence electrons. The van der Waals surface area contributed by atoms with E-state index in [0.717, 1.165) is 50.3 Å². The van der Waals surface area contributed by atoms with E-state index in [1.165, 1.54) is 30.4 Å². The van der Waals surface area contributed by atoms with Crippen LogP contribution in [0.15, 0.2) is 54.1 Å². The number of nitrogens with one attached hydrogen (secondary N) is 2. The Labute approximate surface area is 239 Å². The third-order valence-corrected chi connectivity index (χ3v) is 6.75. The van der Waals surface area contributed by atoms with Crippen molar-refractivity contribution in [2.24, 2.45) is 0 Å². The molecule has 0 atom stereocenters. The Morgan fingerprint density at radius 2 is 1.60 bits per heavy atom. The van der Waals surface area contributed by atoms with Crippen LogP contribution in [0.25, 0.3) is 0 Å². The molecule has 0 spiro atoms. The van der Waals surface area contributed by atoms with Gasteiger partial charge in [0.2, 0.25) is 5.91 Å². The second kappa shape index (κ2) is 16.9. The molecular weight excluding hydrogens is 510 g/mol. The van der Waals surface area contributed by atoms with Gasteiger partial charge < -0.3 is 15.4 Å². The Bertz CT molecular complexity index is 1060. The number of rotatable bonds is 7. The molecule has 3 rings (SSSR count). The lowest BCUT2D eigenvalue weighted by Crippen LogP contribution is -2.45. The molecule has 0 heterocycles. The number of ether oxygens (including phenoxy) is 1. The highest BCUT2D eigenvalue weighted by atomic mass is 19.1. The Balaban J connectivity index is 0.000000609. The molecule has 2 aromatic carbocycles. The molecule has 0 aromatic heterocycles. The van der Waals surface area contributed by atoms with E-state index in [0.29, 0.717) is 12.1 Å². The summed E-state index contributed by atoms with van der Waals surface area (Å²) in [5, 5.41) is 6.66. The maximum Gasteiger partial charge on any atom is 0.330 e. The molecule has 1 aliphatic carbocycles. The van der Waals surface area contributed by atoms with Gasteiger partial charge in [0.1, 0.15) is 11.6 Å². The highest BCUT2D eigenvalue weighted by molar-refractivity contribution is 5.82. The van der Waals surface area contributed by atoms with Gasteiger partial charge in [0.05, 0.1) is 7.11 Å². The van der Waals surface area contributed by atoms with Crippen LogP contribution in [0.3, 0.4) is 0 Å². The molecule has 0 unspecified atom stereocenters. The maximum absolute atomic E-state index is 12.2. The molecule has 1 fully saturated rings. The van der Waals surface area contributed by atoms with Crippen LogP contribution in [0.1, 0.15) is 90.3 Å². The molecule has 0 bridgehead atoms. The number of esters is 1. The predicted octanol–water partition coefficient (Wildman–Crippen LogP) is 7.27. The first-order valence-corrected chi connectivity index (χ1v) is 14.2. The molecule has 5 nitrogen and oxygen atoms in total. The van der Waals surface area contributed by atoms with E-state index in [1.807, 2.05) is 13.8 Å². The second-order valence-electron chi connectivity index (χ2n) is 10.9. The van der Waals surface area contributed by atoms with E-state index < -0.39 is 11.6 Å². The van der Waals surface area contributed by atoms with Crippen LogP contribution < -0.4 is 10.6 Å². The Kier molecular flexibility index (Phi) is 14.8. The first-order valence-electron chi connectivity index (χ1n) is 14.2. The highest BCUT2D eigenvalue weighted by Crippen LogP contribution is 2.40. The van der Waals surface area contributed by atoms with Gasteiger partial charge in [0, 0.05) is 31.1 Å². The summed E-state index contributed by atoms with van der Waals surface area (Å²) >= 11 is 0. The van der Waals surface area contributed by atoms with Crippen LogP contribution in [-0.4, -0.2) is 32.1 Å². The Morgan fingerprint density at radius 3 is 2.10 bits per heavy atom. The highest BCUT2D eigenvalue weighted by Gasteiger charge is 2.35. The molecule has 1 saturated carbocycles. The van der Waals surface area contributed by atoms with E-state index in [4.69, 9.17) is 4.74 Å². The van der Waals surface area contributed by atoms with Crippen molar-refractivity contribution in [2.45, 2.75) is 91.5 Å². The monoisotopic (exact) mass is 558 g/mol. The smallest absolute Gasteiger partial charge is 0.330 e. The molecule has 1 aliphatic rings. The third kappa shape index (κ3) is 12.0. The first-order chi connectivity index (χ1) is 18.8. The van der Waals surface area contributed by atoms with Gasteiger partial charge in [-0.15, -0.1) is 0 Å². The maximum atomic E-state index is 12.2. The van der Waals surface area contributed by atoms with Crippen molar-refractivity contribution in [1.29, 1.82) is 0 Å². The zero-order valence-electron chi connectivity index (χ0n) is 25.5. The number of allylic oxidation sites excluding steroid dienone is 1. The molecule has 2 N–H and O–H groups in total. The molecule has 7 heteroatoms. The standard InChI is InChI=1S/C24H36N2O3.C7H6F2.C2H6/c1-18(27)25-14-7-15-26-24(12-10-19(11-13-24)16-22(28)29-5)21-9-6-8-20(17-21)23(2,3)4;1-5-2-6(8)4-7(9)3-5;1-2/h6,8-9,16-17,26H,7,10-15H2,1-5H3,(H,25,27);2-4H,1H3;1-2H3. The van der Waals surface area contributed by atoms with Gasteiger partial charge >= 0.3 is 5.97 Å². The lowest BCUT2D eigenvalue weighted by molar-refractivity contribution is -0.135. The fourth-order valence-electron chi connectivity index (χ4n) is 4.59. The number of carbonyl (C=O) groups is 2. The van der Waals surface area contributed by atoms with Crippen molar-refractivity contribution < 1.29 is 23.1 Å². The van der Waals surface area contributed by atoms with E-state index in [9.17, 15) is 18.4 Å². The number of methoxy groups -OCH3 is 1. The summed E-state index contributed by atoms with van der Waals surface area (Å²) in [5.74, 6) is -1.31. The van der Waals surface area contributed by atoms with Gasteiger partial charge in [-0.1, -0.05) is 64.5 Å². The van der Waals surface area contributed by atoms with Crippen molar-refractivity contribution in [3.63, 3.8) is 0 Å². The van der Waals surface area contributed by atoms with Gasteiger partial charge in [-0.2, -0.15) is 0 Å². The molecule has 0 radical (unpaired) electrons. The van der Waals surface area contributed by atoms with E-state index >= 15 is 0 Å². The Hall–Kier alpha value is -3.06. The van der Waals surface area contributed by atoms with E-state index in [2.05, 4.69) is 55.7 Å². The summed E-state index contributed by atoms with van der Waals surface area (Å²) in [6, 6.07) is 12.3. The zero-order chi connectivity index (χ0) is 30.3. The summed E-state index contributed by atoms with van der Waals surface area (Å²) in [6.07, 6.45) is 6.13. The van der Waals surface area contributed by atoms with Gasteiger partial charge in [-0.3, -0.25) is 4.79 Å². The summed E-state index contributed by atoms with van der Waals surface area (Å²) in [4.78, 5) is 22.7. The molecule has 1 amide bonds. The molecule has 0 aliphatic heterocycles. The van der Waals surface area contributed by atoms with Crippen LogP contribution in [0.5, 0.6) is 0 Å². The average molecular weight is 559 g/mol. The van der Waals surface area contributed by atoms with Gasteiger partial charge in [-0.25, -0.2) is 13.6 Å². The summed E-state index contributed by atoms with van der Waals surface area (Å²) in [5.41, 5.74) is 4.36. The number of halogens is 2. The van der Waals surface area contributed by atoms with Crippen LogP contribution in [-0.2, 0) is 25.3 Å². The number of carbonyl (C=O) groups excluding carboxylic acids is 2. The van der Waals surface area contributed by atoms with Crippen LogP contribution in [0.2, 0.25) is 0 Å². The van der Waals surface area contributed by atoms with Crippen molar-refractivity contribution in [2.75, 3.05) is 20.2 Å². The van der Waals surface area contributed by atoms with Gasteiger partial charge in [0.15, 0.2) is 0 Å². The number of benzene rings is 2. The van der Waals surface area contributed by atoms with E-state index in [-0.39, 0.29) is 22.8 Å². The van der Waals surface area contributed by atoms with Crippen LogP contribution in [0, 0.1) is 18.6 Å². The number of aryl methyl sites for hydroxylation is 1. The lowest BCUT2D eigenvalue weighted by atomic mass is 9.73. The number of amides is 1. The summed E-state index contributed by atoms with van der Waals surface area (Å²) < 4.78 is 29.2. The fourth-order valence-corrected chi connectivity index (χ4v) is 4.59. The Morgan fingerprint density at radius 1 is 1.00 bits per heavy atom. The summed E-state index contributed by atoms with van der Waals surface area (Å²) in [7, 11) is 1.42. The van der Waals surface area contributed by atoms with Crippen LogP contribution >= 0.6 is 0 Å². The fraction of sp³-hybridized carbons (Fsp3) is 0.515. The summed E-state index contributed by atoms with van der Waals surface area (Å²) in [6.45, 7) is 15.4. The topological polar surface area (TPSA) is 67.4 Å². The SMILES string of the molecule is CC.COC(=O)C=C1CCC(NCCCNC(C)=O)(c2cccc(C(C)(C)C)c2)CC1.Cc1cc(F)cc(F)c1. The molecule has 40 heavy (non-hydrogen) atoms. The minimum atomic E-state index is -0.521. The second-order valence-corrected chi connectivity index (χ2v) is 10.9. The quantitative estimate of drug-likeness (QED) is 0.213. The molecular formula is C33H48F2N2O3. The van der Waals surface area contributed by atoms with Gasteiger partial charge in [0.25, 0.3) is 0 Å². The van der Waals surface area contributed by atoms with Gasteiger partial charge in [-0.05, 0) is 79.8 Å². The molecule has 2 aromatic rings.